The molecule has 36 heavy (non-hydrogen) atoms. The SMILES string of the molecule is O=C(O)c1ccc(C#Cc2ccc3c(c2)C(=O)N(C(C(=O)Nc2nccs2)c2ccccc2)C3)cn1. The summed E-state index contributed by atoms with van der Waals surface area (Å²) in [7, 11) is 0. The first-order valence-corrected chi connectivity index (χ1v) is 11.8. The number of hydrogen-bond acceptors (Lipinski definition) is 6. The molecule has 176 valence electrons. The van der Waals surface area contributed by atoms with Crippen molar-refractivity contribution in [2.75, 3.05) is 5.32 Å². The molecule has 3 heterocycles. The van der Waals surface area contributed by atoms with Crippen LogP contribution in [0.25, 0.3) is 0 Å². The number of carboxylic acid groups (broad SMARTS) is 1. The van der Waals surface area contributed by atoms with E-state index in [1.165, 1.54) is 23.6 Å². The number of nitrogens with zero attached hydrogens (tertiary/aromatic N) is 3. The monoisotopic (exact) mass is 494 g/mol. The Morgan fingerprint density at radius 1 is 1.03 bits per heavy atom. The molecule has 1 atom stereocenters. The predicted molar refractivity (Wildman–Crippen MR) is 133 cm³/mol. The molecule has 0 fully saturated rings. The van der Waals surface area contributed by atoms with Crippen LogP contribution in [0.3, 0.4) is 0 Å². The number of anilines is 1. The van der Waals surface area contributed by atoms with Crippen molar-refractivity contribution in [1.29, 1.82) is 0 Å². The summed E-state index contributed by atoms with van der Waals surface area (Å²) in [6, 6.07) is 16.7. The van der Waals surface area contributed by atoms with E-state index in [-0.39, 0.29) is 24.1 Å². The molecule has 9 heteroatoms. The highest BCUT2D eigenvalue weighted by molar-refractivity contribution is 7.13. The number of fused-ring (bicyclic) bond motifs is 1. The van der Waals surface area contributed by atoms with E-state index in [0.29, 0.717) is 27.4 Å². The Morgan fingerprint density at radius 2 is 1.81 bits per heavy atom. The van der Waals surface area contributed by atoms with E-state index < -0.39 is 12.0 Å². The van der Waals surface area contributed by atoms with E-state index in [2.05, 4.69) is 27.1 Å². The van der Waals surface area contributed by atoms with Crippen LogP contribution in [0.2, 0.25) is 0 Å². The molecule has 0 radical (unpaired) electrons. The van der Waals surface area contributed by atoms with Gasteiger partial charge in [-0.25, -0.2) is 14.8 Å². The maximum atomic E-state index is 13.5. The second-order valence-electron chi connectivity index (χ2n) is 7.93. The first-order chi connectivity index (χ1) is 17.5. The highest BCUT2D eigenvalue weighted by atomic mass is 32.1. The van der Waals surface area contributed by atoms with Crippen molar-refractivity contribution in [2.24, 2.45) is 0 Å². The van der Waals surface area contributed by atoms with E-state index in [4.69, 9.17) is 5.11 Å². The first-order valence-electron chi connectivity index (χ1n) is 10.9. The van der Waals surface area contributed by atoms with E-state index in [1.54, 1.807) is 28.6 Å². The van der Waals surface area contributed by atoms with Gasteiger partial charge >= 0.3 is 5.97 Å². The second kappa shape index (κ2) is 9.82. The molecule has 0 saturated heterocycles. The fourth-order valence-electron chi connectivity index (χ4n) is 3.92. The third-order valence-electron chi connectivity index (χ3n) is 5.61. The summed E-state index contributed by atoms with van der Waals surface area (Å²) in [4.78, 5) is 47.2. The summed E-state index contributed by atoms with van der Waals surface area (Å²) in [6.45, 7) is 0.285. The summed E-state index contributed by atoms with van der Waals surface area (Å²) >= 11 is 1.31. The Bertz CT molecular complexity index is 1510. The minimum absolute atomic E-state index is 0.0596. The van der Waals surface area contributed by atoms with Crippen LogP contribution < -0.4 is 5.32 Å². The number of carbonyl (C=O) groups excluding carboxylic acids is 2. The number of hydrogen-bond donors (Lipinski definition) is 2. The fourth-order valence-corrected chi connectivity index (χ4v) is 4.45. The standard InChI is InChI=1S/C27H18N4O4S/c32-24(30-27-28-12-13-36-27)23(19-4-2-1-3-5-19)31-16-20-10-8-17(14-21(20)25(31)33)6-7-18-9-11-22(26(34)35)29-15-18/h1-5,8-15,23H,16H2,(H,34,35)(H,28,30,32). The zero-order valence-corrected chi connectivity index (χ0v) is 19.5. The molecule has 1 aliphatic rings. The molecule has 4 aromatic rings. The molecular weight excluding hydrogens is 476 g/mol. The maximum absolute atomic E-state index is 13.5. The summed E-state index contributed by atoms with van der Waals surface area (Å²) in [5, 5.41) is 14.0. The number of aromatic carboxylic acids is 1. The molecule has 1 unspecified atom stereocenters. The summed E-state index contributed by atoms with van der Waals surface area (Å²) in [5.41, 5.74) is 3.11. The van der Waals surface area contributed by atoms with Gasteiger partial charge in [0.2, 0.25) is 0 Å². The van der Waals surface area contributed by atoms with Gasteiger partial charge in [-0.15, -0.1) is 11.3 Å². The van der Waals surface area contributed by atoms with Crippen LogP contribution in [-0.4, -0.2) is 37.8 Å². The van der Waals surface area contributed by atoms with Crippen LogP contribution >= 0.6 is 11.3 Å². The van der Waals surface area contributed by atoms with E-state index in [9.17, 15) is 14.4 Å². The first kappa shape index (κ1) is 23.0. The predicted octanol–water partition coefficient (Wildman–Crippen LogP) is 3.97. The molecule has 2 N–H and O–H groups in total. The van der Waals surface area contributed by atoms with Gasteiger partial charge in [0, 0.05) is 41.0 Å². The summed E-state index contributed by atoms with van der Waals surface area (Å²) in [5.74, 6) is 4.23. The smallest absolute Gasteiger partial charge is 0.354 e. The minimum Gasteiger partial charge on any atom is -0.477 e. The Hall–Kier alpha value is -4.81. The minimum atomic E-state index is -1.11. The summed E-state index contributed by atoms with van der Waals surface area (Å²) in [6.07, 6.45) is 3.00. The number of carbonyl (C=O) groups is 3. The molecule has 0 spiro atoms. The molecule has 2 amide bonds. The van der Waals surface area contributed by atoms with Crippen LogP contribution in [-0.2, 0) is 11.3 Å². The third-order valence-corrected chi connectivity index (χ3v) is 6.30. The molecule has 0 aliphatic carbocycles. The normalized spacial score (nSPS) is 12.9. The molecule has 1 aliphatic heterocycles. The van der Waals surface area contributed by atoms with E-state index >= 15 is 0 Å². The van der Waals surface area contributed by atoms with Crippen LogP contribution in [0.1, 0.15) is 49.1 Å². The lowest BCUT2D eigenvalue weighted by Gasteiger charge is -2.27. The van der Waals surface area contributed by atoms with Gasteiger partial charge < -0.3 is 10.0 Å². The van der Waals surface area contributed by atoms with Crippen molar-refractivity contribution >= 4 is 34.3 Å². The maximum Gasteiger partial charge on any atom is 0.354 e. The number of thiazole rings is 1. The lowest BCUT2D eigenvalue weighted by atomic mass is 10.0. The van der Waals surface area contributed by atoms with Gasteiger partial charge in [0.05, 0.1) is 0 Å². The Labute approximate surface area is 210 Å². The van der Waals surface area contributed by atoms with Gasteiger partial charge in [-0.05, 0) is 35.4 Å². The molecule has 2 aromatic carbocycles. The van der Waals surface area contributed by atoms with Crippen molar-refractivity contribution in [3.63, 3.8) is 0 Å². The second-order valence-corrected chi connectivity index (χ2v) is 8.83. The molecule has 0 saturated carbocycles. The van der Waals surface area contributed by atoms with Crippen LogP contribution in [0.15, 0.2) is 78.4 Å². The topological polar surface area (TPSA) is 112 Å². The van der Waals surface area contributed by atoms with Crippen LogP contribution in [0.4, 0.5) is 5.13 Å². The number of amides is 2. The lowest BCUT2D eigenvalue weighted by molar-refractivity contribution is -0.120. The quantitative estimate of drug-likeness (QED) is 0.406. The Kier molecular flexibility index (Phi) is 6.26. The van der Waals surface area contributed by atoms with Gasteiger partial charge in [0.1, 0.15) is 11.7 Å². The van der Waals surface area contributed by atoms with Crippen LogP contribution in [0.5, 0.6) is 0 Å². The summed E-state index contributed by atoms with van der Waals surface area (Å²) < 4.78 is 0. The highest BCUT2D eigenvalue weighted by Gasteiger charge is 2.37. The fraction of sp³-hybridized carbons (Fsp3) is 0.0741. The number of rotatable bonds is 5. The zero-order valence-electron chi connectivity index (χ0n) is 18.7. The van der Waals surface area contributed by atoms with Crippen molar-refractivity contribution in [3.8, 4) is 11.8 Å². The van der Waals surface area contributed by atoms with Crippen molar-refractivity contribution in [2.45, 2.75) is 12.6 Å². The number of carboxylic acids is 1. The molecule has 2 aromatic heterocycles. The Morgan fingerprint density at radius 3 is 2.50 bits per heavy atom. The molecular formula is C27H18N4O4S. The van der Waals surface area contributed by atoms with Crippen molar-refractivity contribution < 1.29 is 19.5 Å². The van der Waals surface area contributed by atoms with Crippen molar-refractivity contribution in [3.05, 3.63) is 112 Å². The average Bonchev–Trinajstić information content (AvgIpc) is 3.52. The lowest BCUT2D eigenvalue weighted by Crippen LogP contribution is -2.37. The third kappa shape index (κ3) is 4.71. The van der Waals surface area contributed by atoms with Gasteiger partial charge in [-0.1, -0.05) is 48.2 Å². The van der Waals surface area contributed by atoms with Gasteiger partial charge in [0.25, 0.3) is 11.8 Å². The van der Waals surface area contributed by atoms with Crippen LogP contribution in [0, 0.1) is 11.8 Å². The molecule has 5 rings (SSSR count). The Balaban J connectivity index is 1.41. The number of aromatic nitrogens is 2. The number of nitrogens with one attached hydrogen (secondary N) is 1. The van der Waals surface area contributed by atoms with E-state index in [0.717, 1.165) is 5.56 Å². The molecule has 0 bridgehead atoms. The number of benzene rings is 2. The number of pyridine rings is 1. The highest BCUT2D eigenvalue weighted by Crippen LogP contribution is 2.33. The van der Waals surface area contributed by atoms with Crippen molar-refractivity contribution in [1.82, 2.24) is 14.9 Å². The van der Waals surface area contributed by atoms with Gasteiger partial charge in [0.15, 0.2) is 5.13 Å². The largest absolute Gasteiger partial charge is 0.477 e. The van der Waals surface area contributed by atoms with Gasteiger partial charge in [-0.3, -0.25) is 14.9 Å². The zero-order chi connectivity index (χ0) is 25.1. The van der Waals surface area contributed by atoms with Gasteiger partial charge in [-0.2, -0.15) is 0 Å². The molecule has 8 nitrogen and oxygen atoms in total. The van der Waals surface area contributed by atoms with E-state index in [1.807, 2.05) is 42.5 Å². The average molecular weight is 495 g/mol.